The van der Waals surface area contributed by atoms with Crippen LogP contribution in [0.2, 0.25) is 0 Å². The summed E-state index contributed by atoms with van der Waals surface area (Å²) in [6.07, 6.45) is -4.72. The van der Waals surface area contributed by atoms with Crippen LogP contribution >= 0.6 is 15.9 Å². The van der Waals surface area contributed by atoms with E-state index < -0.39 is 17.9 Å². The molecule has 0 atom stereocenters. The van der Waals surface area contributed by atoms with E-state index >= 15 is 0 Å². The van der Waals surface area contributed by atoms with Crippen molar-refractivity contribution in [2.24, 2.45) is 0 Å². The van der Waals surface area contributed by atoms with Gasteiger partial charge in [0.1, 0.15) is 0 Å². The Kier molecular flexibility index (Phi) is 3.87. The van der Waals surface area contributed by atoms with Crippen LogP contribution in [0, 0.1) is 10.1 Å². The van der Waals surface area contributed by atoms with Gasteiger partial charge in [0.2, 0.25) is 0 Å². The summed E-state index contributed by atoms with van der Waals surface area (Å²) in [5.74, 6) is 0. The molecule has 0 bridgehead atoms. The fourth-order valence-corrected chi connectivity index (χ4v) is 1.41. The molecule has 0 unspecified atom stereocenters. The molecule has 0 saturated heterocycles. The highest BCUT2D eigenvalue weighted by Gasteiger charge is 2.29. The zero-order valence-electron chi connectivity index (χ0n) is 7.62. The Bertz CT molecular complexity index is 408. The van der Waals surface area contributed by atoms with Gasteiger partial charge in [0.25, 0.3) is 5.69 Å². The average molecular weight is 300 g/mol. The lowest BCUT2D eigenvalue weighted by Gasteiger charge is -2.08. The van der Waals surface area contributed by atoms with Gasteiger partial charge >= 0.3 is 6.36 Å². The summed E-state index contributed by atoms with van der Waals surface area (Å²) in [6, 6.07) is 3.43. The first kappa shape index (κ1) is 12.9. The van der Waals surface area contributed by atoms with E-state index in [0.717, 1.165) is 12.1 Å². The van der Waals surface area contributed by atoms with Crippen LogP contribution in [0.1, 0.15) is 5.56 Å². The van der Waals surface area contributed by atoms with Gasteiger partial charge in [0.05, 0.1) is 11.5 Å². The van der Waals surface area contributed by atoms with Crippen LogP contribution in [0.3, 0.4) is 0 Å². The molecular formula is C8H5BrF3NO3. The molecule has 0 aromatic heterocycles. The minimum atomic E-state index is -4.72. The maximum atomic E-state index is 11.7. The number of benzene rings is 1. The molecule has 0 amide bonds. The Balaban J connectivity index is 2.80. The van der Waals surface area contributed by atoms with Gasteiger partial charge in [-0.3, -0.25) is 14.9 Å². The Morgan fingerprint density at radius 2 is 2.06 bits per heavy atom. The lowest BCUT2D eigenvalue weighted by molar-refractivity contribution is -0.385. The quantitative estimate of drug-likeness (QED) is 0.635. The first-order valence-electron chi connectivity index (χ1n) is 3.93. The van der Waals surface area contributed by atoms with Crippen LogP contribution in [-0.4, -0.2) is 11.3 Å². The summed E-state index contributed by atoms with van der Waals surface area (Å²) in [5.41, 5.74) is -0.0226. The van der Waals surface area contributed by atoms with Crippen molar-refractivity contribution in [2.75, 3.05) is 0 Å². The number of ether oxygens (including phenoxy) is 1. The maximum Gasteiger partial charge on any atom is 0.522 e. The summed E-state index contributed by atoms with van der Waals surface area (Å²) in [6.45, 7) is -0.692. The van der Waals surface area contributed by atoms with E-state index in [1.165, 1.54) is 6.07 Å². The molecule has 0 aliphatic rings. The first-order chi connectivity index (χ1) is 7.29. The Morgan fingerprint density at radius 3 is 2.50 bits per heavy atom. The van der Waals surface area contributed by atoms with Gasteiger partial charge in [-0.05, 0) is 11.6 Å². The number of nitro groups is 1. The zero-order valence-corrected chi connectivity index (χ0v) is 9.21. The third-order valence-corrected chi connectivity index (χ3v) is 2.38. The zero-order chi connectivity index (χ0) is 12.3. The molecule has 0 spiro atoms. The molecule has 0 aliphatic heterocycles. The van der Waals surface area contributed by atoms with Crippen LogP contribution in [0.5, 0.6) is 0 Å². The SMILES string of the molecule is O=[N+]([O-])c1ccc(COC(F)(F)F)c(Br)c1. The van der Waals surface area contributed by atoms with Crippen molar-refractivity contribution in [1.29, 1.82) is 0 Å². The predicted octanol–water partition coefficient (Wildman–Crippen LogP) is 3.39. The van der Waals surface area contributed by atoms with Crippen molar-refractivity contribution in [1.82, 2.24) is 0 Å². The molecule has 0 aliphatic carbocycles. The summed E-state index contributed by atoms with van der Waals surface area (Å²) in [7, 11) is 0. The number of nitro benzene ring substituents is 1. The molecule has 4 nitrogen and oxygen atoms in total. The lowest BCUT2D eigenvalue weighted by Crippen LogP contribution is -2.13. The second-order valence-corrected chi connectivity index (χ2v) is 3.62. The largest absolute Gasteiger partial charge is 0.522 e. The van der Waals surface area contributed by atoms with Crippen LogP contribution < -0.4 is 0 Å². The first-order valence-corrected chi connectivity index (χ1v) is 4.72. The minimum Gasteiger partial charge on any atom is -0.287 e. The van der Waals surface area contributed by atoms with Gasteiger partial charge in [-0.2, -0.15) is 0 Å². The highest BCUT2D eigenvalue weighted by Crippen LogP contribution is 2.26. The van der Waals surface area contributed by atoms with Crippen LogP contribution in [-0.2, 0) is 11.3 Å². The molecule has 0 radical (unpaired) electrons. The molecule has 16 heavy (non-hydrogen) atoms. The van der Waals surface area contributed by atoms with Gasteiger partial charge in [0, 0.05) is 16.6 Å². The molecule has 1 aromatic carbocycles. The summed E-state index contributed by atoms with van der Waals surface area (Å²) in [4.78, 5) is 9.72. The Hall–Kier alpha value is -1.15. The van der Waals surface area contributed by atoms with Crippen LogP contribution in [0.25, 0.3) is 0 Å². The van der Waals surface area contributed by atoms with E-state index in [1.54, 1.807) is 0 Å². The highest BCUT2D eigenvalue weighted by atomic mass is 79.9. The number of non-ortho nitro benzene ring substituents is 1. The van der Waals surface area contributed by atoms with Crippen LogP contribution in [0.15, 0.2) is 22.7 Å². The van der Waals surface area contributed by atoms with Gasteiger partial charge in [-0.25, -0.2) is 0 Å². The number of halogens is 4. The van der Waals surface area contributed by atoms with Gasteiger partial charge in [-0.1, -0.05) is 15.9 Å². The monoisotopic (exact) mass is 299 g/mol. The molecule has 1 aromatic rings. The van der Waals surface area contributed by atoms with Crippen LogP contribution in [0.4, 0.5) is 18.9 Å². The number of hydrogen-bond donors (Lipinski definition) is 0. The highest BCUT2D eigenvalue weighted by molar-refractivity contribution is 9.10. The maximum absolute atomic E-state index is 11.7. The number of hydrogen-bond acceptors (Lipinski definition) is 3. The fourth-order valence-electron chi connectivity index (χ4n) is 0.926. The summed E-state index contributed by atoms with van der Waals surface area (Å²) in [5, 5.41) is 10.4. The molecule has 88 valence electrons. The molecular weight excluding hydrogens is 295 g/mol. The van der Waals surface area contributed by atoms with E-state index in [4.69, 9.17) is 0 Å². The summed E-state index contributed by atoms with van der Waals surface area (Å²) >= 11 is 2.93. The van der Waals surface area contributed by atoms with Crippen molar-refractivity contribution in [3.63, 3.8) is 0 Å². The average Bonchev–Trinajstić information content (AvgIpc) is 2.14. The fraction of sp³-hybridized carbons (Fsp3) is 0.250. The third kappa shape index (κ3) is 3.78. The Morgan fingerprint density at radius 1 is 1.44 bits per heavy atom. The second kappa shape index (κ2) is 4.79. The number of alkyl halides is 3. The topological polar surface area (TPSA) is 52.4 Å². The van der Waals surface area contributed by atoms with E-state index in [9.17, 15) is 23.3 Å². The van der Waals surface area contributed by atoms with Crippen molar-refractivity contribution < 1.29 is 22.8 Å². The minimum absolute atomic E-state index is 0.183. The molecule has 1 rings (SSSR count). The summed E-state index contributed by atoms with van der Waals surface area (Å²) < 4.78 is 39.0. The molecule has 0 N–H and O–H groups in total. The van der Waals surface area contributed by atoms with Crippen molar-refractivity contribution >= 4 is 21.6 Å². The molecule has 8 heteroatoms. The van der Waals surface area contributed by atoms with Gasteiger partial charge in [-0.15, -0.1) is 13.2 Å². The van der Waals surface area contributed by atoms with E-state index in [2.05, 4.69) is 20.7 Å². The molecule has 0 saturated carbocycles. The van der Waals surface area contributed by atoms with Crippen molar-refractivity contribution in [3.05, 3.63) is 38.3 Å². The standard InChI is InChI=1S/C8H5BrF3NO3/c9-7-3-6(13(14)15)2-1-5(7)4-16-8(10,11)12/h1-3H,4H2. The normalized spacial score (nSPS) is 11.5. The molecule has 0 heterocycles. The lowest BCUT2D eigenvalue weighted by atomic mass is 10.2. The third-order valence-electron chi connectivity index (χ3n) is 1.64. The van der Waals surface area contributed by atoms with Gasteiger partial charge < -0.3 is 0 Å². The molecule has 0 fully saturated rings. The van der Waals surface area contributed by atoms with Crippen molar-refractivity contribution in [3.8, 4) is 0 Å². The second-order valence-electron chi connectivity index (χ2n) is 2.77. The van der Waals surface area contributed by atoms with E-state index in [0.29, 0.717) is 0 Å². The number of rotatable bonds is 3. The van der Waals surface area contributed by atoms with E-state index in [1.807, 2.05) is 0 Å². The van der Waals surface area contributed by atoms with E-state index in [-0.39, 0.29) is 15.7 Å². The number of nitrogens with zero attached hydrogens (tertiary/aromatic N) is 1. The Labute approximate surface area is 96.3 Å². The van der Waals surface area contributed by atoms with Crippen molar-refractivity contribution in [2.45, 2.75) is 13.0 Å². The smallest absolute Gasteiger partial charge is 0.287 e. The van der Waals surface area contributed by atoms with Gasteiger partial charge in [0.15, 0.2) is 0 Å². The predicted molar refractivity (Wildman–Crippen MR) is 51.6 cm³/mol.